The molecule has 0 aromatic heterocycles. The number of fused-ring (bicyclic) bond motifs is 2. The standard InChI is InChI=1S/C11H17NO/c13-11-2-1-5-12(11)10-7-8-3-4-9(10)6-8/h8-10H,1-7H2/t8-,9-,10-/m1/s1. The largest absolute Gasteiger partial charge is 0.339 e. The molecule has 2 nitrogen and oxygen atoms in total. The monoisotopic (exact) mass is 179 g/mol. The third-order valence-electron chi connectivity index (χ3n) is 4.21. The van der Waals surface area contributed by atoms with Gasteiger partial charge in [-0.15, -0.1) is 0 Å². The Balaban J connectivity index is 1.75. The summed E-state index contributed by atoms with van der Waals surface area (Å²) in [6.45, 7) is 1.05. The van der Waals surface area contributed by atoms with Crippen molar-refractivity contribution < 1.29 is 4.79 Å². The lowest BCUT2D eigenvalue weighted by Gasteiger charge is -2.31. The van der Waals surface area contributed by atoms with Gasteiger partial charge in [-0.05, 0) is 37.5 Å². The Kier molecular flexibility index (Phi) is 1.64. The molecule has 72 valence electrons. The zero-order chi connectivity index (χ0) is 8.84. The Labute approximate surface area is 79.3 Å². The molecule has 3 rings (SSSR count). The average Bonchev–Trinajstić information content (AvgIpc) is 2.77. The zero-order valence-electron chi connectivity index (χ0n) is 8.04. The minimum atomic E-state index is 0.428. The van der Waals surface area contributed by atoms with Crippen LogP contribution in [0.4, 0.5) is 0 Å². The minimum Gasteiger partial charge on any atom is -0.339 e. The predicted molar refractivity (Wildman–Crippen MR) is 50.2 cm³/mol. The van der Waals surface area contributed by atoms with E-state index in [0.29, 0.717) is 11.9 Å². The molecule has 0 N–H and O–H groups in total. The molecular formula is C11H17NO. The van der Waals surface area contributed by atoms with Gasteiger partial charge in [-0.25, -0.2) is 0 Å². The smallest absolute Gasteiger partial charge is 0.222 e. The number of carbonyl (C=O) groups is 1. The number of nitrogens with zero attached hydrogens (tertiary/aromatic N) is 1. The summed E-state index contributed by atoms with van der Waals surface area (Å²) in [6.07, 6.45) is 7.47. The highest BCUT2D eigenvalue weighted by atomic mass is 16.2. The van der Waals surface area contributed by atoms with Crippen LogP contribution in [0.25, 0.3) is 0 Å². The molecule has 2 bridgehead atoms. The summed E-state index contributed by atoms with van der Waals surface area (Å²) >= 11 is 0. The van der Waals surface area contributed by atoms with Crippen LogP contribution in [0.3, 0.4) is 0 Å². The molecule has 0 aromatic rings. The highest BCUT2D eigenvalue weighted by molar-refractivity contribution is 5.78. The van der Waals surface area contributed by atoms with Gasteiger partial charge in [0.15, 0.2) is 0 Å². The molecule has 1 heterocycles. The summed E-state index contributed by atoms with van der Waals surface area (Å²) in [6, 6.07) is 0.647. The molecule has 2 heteroatoms. The highest BCUT2D eigenvalue weighted by Crippen LogP contribution is 2.47. The maximum Gasteiger partial charge on any atom is 0.222 e. The Morgan fingerprint density at radius 1 is 1.23 bits per heavy atom. The second-order valence-electron chi connectivity index (χ2n) is 4.93. The fourth-order valence-electron chi connectivity index (χ4n) is 3.61. The predicted octanol–water partition coefficient (Wildman–Crippen LogP) is 1.80. The number of carbonyl (C=O) groups excluding carboxylic acids is 1. The van der Waals surface area contributed by atoms with Crippen molar-refractivity contribution >= 4 is 5.91 Å². The molecule has 2 aliphatic carbocycles. The number of amides is 1. The highest BCUT2D eigenvalue weighted by Gasteiger charge is 2.44. The first kappa shape index (κ1) is 7.84. The molecular weight excluding hydrogens is 162 g/mol. The van der Waals surface area contributed by atoms with Crippen LogP contribution in [-0.4, -0.2) is 23.4 Å². The van der Waals surface area contributed by atoms with E-state index in [1.54, 1.807) is 0 Å². The Hall–Kier alpha value is -0.530. The SMILES string of the molecule is O=C1CCCN1[C@@H]1C[C@@H]2CC[C@@H]1C2. The van der Waals surface area contributed by atoms with E-state index in [0.717, 1.165) is 31.2 Å². The van der Waals surface area contributed by atoms with Gasteiger partial charge in [-0.1, -0.05) is 6.42 Å². The summed E-state index contributed by atoms with van der Waals surface area (Å²) in [5.74, 6) is 2.26. The lowest BCUT2D eigenvalue weighted by atomic mass is 9.94. The third kappa shape index (κ3) is 1.11. The van der Waals surface area contributed by atoms with E-state index in [1.165, 1.54) is 25.7 Å². The van der Waals surface area contributed by atoms with Crippen LogP contribution in [0.5, 0.6) is 0 Å². The average molecular weight is 179 g/mol. The van der Waals surface area contributed by atoms with Crippen molar-refractivity contribution in [1.29, 1.82) is 0 Å². The van der Waals surface area contributed by atoms with Crippen LogP contribution in [0.2, 0.25) is 0 Å². The lowest BCUT2D eigenvalue weighted by molar-refractivity contribution is -0.130. The number of likely N-dealkylation sites (tertiary alicyclic amines) is 1. The summed E-state index contributed by atoms with van der Waals surface area (Å²) < 4.78 is 0. The number of hydrogen-bond acceptors (Lipinski definition) is 1. The fourth-order valence-corrected chi connectivity index (χ4v) is 3.61. The van der Waals surface area contributed by atoms with Crippen LogP contribution in [0.1, 0.15) is 38.5 Å². The van der Waals surface area contributed by atoms with Crippen LogP contribution < -0.4 is 0 Å². The summed E-state index contributed by atoms with van der Waals surface area (Å²) in [7, 11) is 0. The van der Waals surface area contributed by atoms with Gasteiger partial charge in [0.2, 0.25) is 5.91 Å². The van der Waals surface area contributed by atoms with Crippen molar-refractivity contribution in [2.75, 3.05) is 6.54 Å². The first-order chi connectivity index (χ1) is 6.34. The number of rotatable bonds is 1. The number of hydrogen-bond donors (Lipinski definition) is 0. The lowest BCUT2D eigenvalue weighted by Crippen LogP contribution is -2.39. The summed E-state index contributed by atoms with van der Waals surface area (Å²) in [5.41, 5.74) is 0. The van der Waals surface area contributed by atoms with Gasteiger partial charge in [-0.2, -0.15) is 0 Å². The van der Waals surface area contributed by atoms with E-state index in [-0.39, 0.29) is 0 Å². The summed E-state index contributed by atoms with van der Waals surface area (Å²) in [4.78, 5) is 13.7. The molecule has 0 spiro atoms. The van der Waals surface area contributed by atoms with Crippen LogP contribution in [-0.2, 0) is 4.79 Å². The molecule has 2 saturated carbocycles. The Morgan fingerprint density at radius 3 is 2.69 bits per heavy atom. The van der Waals surface area contributed by atoms with Gasteiger partial charge in [0.25, 0.3) is 0 Å². The van der Waals surface area contributed by atoms with Crippen molar-refractivity contribution in [1.82, 2.24) is 4.90 Å². The van der Waals surface area contributed by atoms with E-state index >= 15 is 0 Å². The van der Waals surface area contributed by atoms with Gasteiger partial charge < -0.3 is 4.90 Å². The first-order valence-electron chi connectivity index (χ1n) is 5.64. The van der Waals surface area contributed by atoms with Crippen molar-refractivity contribution in [2.24, 2.45) is 11.8 Å². The third-order valence-corrected chi connectivity index (χ3v) is 4.21. The first-order valence-corrected chi connectivity index (χ1v) is 5.64. The fraction of sp³-hybridized carbons (Fsp3) is 0.909. The molecule has 3 fully saturated rings. The van der Waals surface area contributed by atoms with Gasteiger partial charge >= 0.3 is 0 Å². The minimum absolute atomic E-state index is 0.428. The van der Waals surface area contributed by atoms with Crippen LogP contribution >= 0.6 is 0 Å². The van der Waals surface area contributed by atoms with Crippen LogP contribution in [0.15, 0.2) is 0 Å². The Morgan fingerprint density at radius 2 is 2.15 bits per heavy atom. The van der Waals surface area contributed by atoms with Gasteiger partial charge in [0.1, 0.15) is 0 Å². The Bertz CT molecular complexity index is 238. The van der Waals surface area contributed by atoms with E-state index in [1.807, 2.05) is 0 Å². The molecule has 1 amide bonds. The van der Waals surface area contributed by atoms with E-state index in [2.05, 4.69) is 4.90 Å². The van der Waals surface area contributed by atoms with E-state index in [4.69, 9.17) is 0 Å². The molecule has 0 unspecified atom stereocenters. The van der Waals surface area contributed by atoms with Crippen molar-refractivity contribution in [3.63, 3.8) is 0 Å². The second kappa shape index (κ2) is 2.73. The van der Waals surface area contributed by atoms with E-state index in [9.17, 15) is 4.79 Å². The molecule has 1 aliphatic heterocycles. The van der Waals surface area contributed by atoms with Gasteiger partial charge in [0.05, 0.1) is 0 Å². The van der Waals surface area contributed by atoms with Crippen molar-refractivity contribution in [3.8, 4) is 0 Å². The molecule has 0 aromatic carbocycles. The topological polar surface area (TPSA) is 20.3 Å². The maximum absolute atomic E-state index is 11.6. The second-order valence-corrected chi connectivity index (χ2v) is 4.93. The zero-order valence-corrected chi connectivity index (χ0v) is 8.04. The normalized spacial score (nSPS) is 43.5. The maximum atomic E-state index is 11.6. The van der Waals surface area contributed by atoms with Crippen LogP contribution in [0, 0.1) is 11.8 Å². The quantitative estimate of drug-likeness (QED) is 0.601. The molecule has 13 heavy (non-hydrogen) atoms. The molecule has 0 radical (unpaired) electrons. The van der Waals surface area contributed by atoms with Gasteiger partial charge in [-0.3, -0.25) is 4.79 Å². The van der Waals surface area contributed by atoms with Crippen molar-refractivity contribution in [3.05, 3.63) is 0 Å². The van der Waals surface area contributed by atoms with Gasteiger partial charge in [0, 0.05) is 19.0 Å². The molecule has 3 aliphatic rings. The summed E-state index contributed by atoms with van der Waals surface area (Å²) in [5, 5.41) is 0. The molecule has 1 saturated heterocycles. The van der Waals surface area contributed by atoms with Crippen molar-refractivity contribution in [2.45, 2.75) is 44.6 Å². The molecule has 3 atom stereocenters. The van der Waals surface area contributed by atoms with E-state index < -0.39 is 0 Å².